The number of non-ortho nitro benzene ring substituents is 1. The van der Waals surface area contributed by atoms with E-state index < -0.39 is 4.92 Å². The minimum absolute atomic E-state index is 0.0603. The monoisotopic (exact) mass is 292 g/mol. The van der Waals surface area contributed by atoms with Gasteiger partial charge in [-0.3, -0.25) is 10.1 Å². The number of amides is 1. The van der Waals surface area contributed by atoms with E-state index in [-0.39, 0.29) is 23.7 Å². The molecule has 1 unspecified atom stereocenters. The van der Waals surface area contributed by atoms with Gasteiger partial charge in [0.25, 0.3) is 5.69 Å². The number of fused-ring (bicyclic) bond motifs is 1. The molecular formula is C15H20N2O4. The quantitative estimate of drug-likeness (QED) is 0.633. The van der Waals surface area contributed by atoms with E-state index in [2.05, 4.69) is 0 Å². The molecule has 1 heterocycles. The topological polar surface area (TPSA) is 72.7 Å². The molecule has 6 nitrogen and oxygen atoms in total. The number of rotatable bonds is 3. The average Bonchev–Trinajstić information content (AvgIpc) is 2.45. The molecule has 0 saturated heterocycles. The summed E-state index contributed by atoms with van der Waals surface area (Å²) in [7, 11) is 0. The van der Waals surface area contributed by atoms with E-state index in [9.17, 15) is 14.9 Å². The molecule has 0 saturated carbocycles. The van der Waals surface area contributed by atoms with Gasteiger partial charge in [0.2, 0.25) is 0 Å². The van der Waals surface area contributed by atoms with Gasteiger partial charge in [0.15, 0.2) is 0 Å². The highest BCUT2D eigenvalue weighted by Crippen LogP contribution is 2.37. The largest absolute Gasteiger partial charge is 0.450 e. The van der Waals surface area contributed by atoms with Crippen LogP contribution >= 0.6 is 0 Å². The van der Waals surface area contributed by atoms with Gasteiger partial charge >= 0.3 is 6.09 Å². The summed E-state index contributed by atoms with van der Waals surface area (Å²) < 4.78 is 5.11. The van der Waals surface area contributed by atoms with Gasteiger partial charge in [-0.2, -0.15) is 0 Å². The Hall–Kier alpha value is -2.11. The lowest BCUT2D eigenvalue weighted by Crippen LogP contribution is -2.42. The number of carbonyl (C=O) groups is 1. The first-order valence-electron chi connectivity index (χ1n) is 7.16. The van der Waals surface area contributed by atoms with Crippen molar-refractivity contribution in [1.82, 2.24) is 4.90 Å². The van der Waals surface area contributed by atoms with Crippen LogP contribution in [0.4, 0.5) is 10.5 Å². The minimum Gasteiger partial charge on any atom is -0.450 e. The van der Waals surface area contributed by atoms with Crippen molar-refractivity contribution in [2.24, 2.45) is 5.92 Å². The van der Waals surface area contributed by atoms with Crippen molar-refractivity contribution in [2.45, 2.75) is 33.2 Å². The zero-order chi connectivity index (χ0) is 15.6. The Morgan fingerprint density at radius 2 is 2.24 bits per heavy atom. The van der Waals surface area contributed by atoms with E-state index in [0.717, 1.165) is 11.1 Å². The fraction of sp³-hybridized carbons (Fsp3) is 0.533. The lowest BCUT2D eigenvalue weighted by Gasteiger charge is -2.38. The third-order valence-electron chi connectivity index (χ3n) is 3.75. The van der Waals surface area contributed by atoms with E-state index in [1.54, 1.807) is 24.0 Å². The lowest BCUT2D eigenvalue weighted by atomic mass is 9.86. The molecule has 21 heavy (non-hydrogen) atoms. The summed E-state index contributed by atoms with van der Waals surface area (Å²) in [5, 5.41) is 11.0. The summed E-state index contributed by atoms with van der Waals surface area (Å²) in [5.74, 6) is 0.149. The van der Waals surface area contributed by atoms with Crippen molar-refractivity contribution in [1.29, 1.82) is 0 Å². The highest BCUT2D eigenvalue weighted by Gasteiger charge is 2.34. The summed E-state index contributed by atoms with van der Waals surface area (Å²) in [4.78, 5) is 24.4. The number of benzene rings is 1. The van der Waals surface area contributed by atoms with Crippen molar-refractivity contribution >= 4 is 11.8 Å². The van der Waals surface area contributed by atoms with Gasteiger partial charge in [0, 0.05) is 18.7 Å². The first-order chi connectivity index (χ1) is 9.95. The smallest absolute Gasteiger partial charge is 0.410 e. The molecule has 1 aromatic carbocycles. The standard InChI is InChI=1S/C15H20N2O4/c1-4-21-15(18)16-8-7-11-5-6-12(17(19)20)9-13(11)14(16)10(2)3/h5-6,9-10,14H,4,7-8H2,1-3H3. The highest BCUT2D eigenvalue weighted by atomic mass is 16.6. The summed E-state index contributed by atoms with van der Waals surface area (Å²) in [5.41, 5.74) is 1.99. The molecule has 1 atom stereocenters. The zero-order valence-electron chi connectivity index (χ0n) is 12.5. The van der Waals surface area contributed by atoms with Crippen LogP contribution in [0.2, 0.25) is 0 Å². The Bertz CT molecular complexity index is 557. The van der Waals surface area contributed by atoms with Gasteiger partial charge in [0.1, 0.15) is 0 Å². The minimum atomic E-state index is -0.402. The SMILES string of the molecule is CCOC(=O)N1CCc2ccc([N+](=O)[O-])cc2C1C(C)C. The van der Waals surface area contributed by atoms with Crippen molar-refractivity contribution in [3.63, 3.8) is 0 Å². The number of nitrogens with zero attached hydrogens (tertiary/aromatic N) is 2. The van der Waals surface area contributed by atoms with E-state index in [1.165, 1.54) is 6.07 Å². The van der Waals surface area contributed by atoms with E-state index in [0.29, 0.717) is 19.6 Å². The fourth-order valence-corrected chi connectivity index (χ4v) is 2.88. The maximum Gasteiger partial charge on any atom is 0.410 e. The molecule has 0 bridgehead atoms. The summed E-state index contributed by atoms with van der Waals surface area (Å²) in [6, 6.07) is 4.72. The molecule has 0 radical (unpaired) electrons. The Kier molecular flexibility index (Phi) is 4.45. The van der Waals surface area contributed by atoms with Gasteiger partial charge in [-0.05, 0) is 30.4 Å². The van der Waals surface area contributed by atoms with Gasteiger partial charge in [-0.1, -0.05) is 19.9 Å². The molecule has 0 spiro atoms. The average molecular weight is 292 g/mol. The molecule has 0 fully saturated rings. The first kappa shape index (κ1) is 15.3. The molecule has 1 aromatic rings. The van der Waals surface area contributed by atoms with Crippen molar-refractivity contribution in [3.05, 3.63) is 39.4 Å². The number of nitro benzene ring substituents is 1. The summed E-state index contributed by atoms with van der Waals surface area (Å²) >= 11 is 0. The second kappa shape index (κ2) is 6.11. The molecule has 2 rings (SSSR count). The molecule has 1 aliphatic rings. The van der Waals surface area contributed by atoms with Gasteiger partial charge in [-0.15, -0.1) is 0 Å². The Morgan fingerprint density at radius 3 is 2.81 bits per heavy atom. The van der Waals surface area contributed by atoms with Crippen LogP contribution < -0.4 is 0 Å². The zero-order valence-corrected chi connectivity index (χ0v) is 12.5. The second-order valence-corrected chi connectivity index (χ2v) is 5.47. The van der Waals surface area contributed by atoms with Crippen molar-refractivity contribution in [2.75, 3.05) is 13.2 Å². The Balaban J connectivity index is 2.43. The molecule has 6 heteroatoms. The third-order valence-corrected chi connectivity index (χ3v) is 3.75. The van der Waals surface area contributed by atoms with E-state index >= 15 is 0 Å². The normalized spacial score (nSPS) is 17.5. The number of nitro groups is 1. The van der Waals surface area contributed by atoms with E-state index in [4.69, 9.17) is 4.74 Å². The van der Waals surface area contributed by atoms with Crippen LogP contribution in [0.5, 0.6) is 0 Å². The molecule has 1 amide bonds. The van der Waals surface area contributed by atoms with Crippen LogP contribution in [0, 0.1) is 16.0 Å². The van der Waals surface area contributed by atoms with Crippen molar-refractivity contribution < 1.29 is 14.5 Å². The second-order valence-electron chi connectivity index (χ2n) is 5.47. The Morgan fingerprint density at radius 1 is 1.52 bits per heavy atom. The van der Waals surface area contributed by atoms with Gasteiger partial charge in [-0.25, -0.2) is 4.79 Å². The van der Waals surface area contributed by atoms with Crippen LogP contribution in [0.25, 0.3) is 0 Å². The van der Waals surface area contributed by atoms with Gasteiger partial charge in [0.05, 0.1) is 17.6 Å². The lowest BCUT2D eigenvalue weighted by molar-refractivity contribution is -0.385. The maximum atomic E-state index is 12.1. The number of hydrogen-bond donors (Lipinski definition) is 0. The molecular weight excluding hydrogens is 272 g/mol. The van der Waals surface area contributed by atoms with Crippen molar-refractivity contribution in [3.8, 4) is 0 Å². The predicted octanol–water partition coefficient (Wildman–Crippen LogP) is 3.31. The predicted molar refractivity (Wildman–Crippen MR) is 78.1 cm³/mol. The molecule has 114 valence electrons. The van der Waals surface area contributed by atoms with E-state index in [1.807, 2.05) is 13.8 Å². The molecule has 0 aliphatic carbocycles. The number of ether oxygens (including phenoxy) is 1. The van der Waals surface area contributed by atoms with Crippen LogP contribution in [0.15, 0.2) is 18.2 Å². The highest BCUT2D eigenvalue weighted by molar-refractivity contribution is 5.69. The Labute approximate surface area is 123 Å². The molecule has 0 aromatic heterocycles. The summed E-state index contributed by atoms with van der Waals surface area (Å²) in [6.45, 7) is 6.68. The number of carbonyl (C=O) groups excluding carboxylic acids is 1. The first-order valence-corrected chi connectivity index (χ1v) is 7.16. The van der Waals surface area contributed by atoms with Crippen LogP contribution in [0.3, 0.4) is 0 Å². The van der Waals surface area contributed by atoms with Crippen LogP contribution in [-0.4, -0.2) is 29.1 Å². The number of hydrogen-bond acceptors (Lipinski definition) is 4. The van der Waals surface area contributed by atoms with Crippen LogP contribution in [0.1, 0.15) is 37.9 Å². The fourth-order valence-electron chi connectivity index (χ4n) is 2.88. The van der Waals surface area contributed by atoms with Gasteiger partial charge < -0.3 is 9.64 Å². The summed E-state index contributed by atoms with van der Waals surface area (Å²) in [6.07, 6.45) is 0.336. The molecule has 0 N–H and O–H groups in total. The van der Waals surface area contributed by atoms with Crippen LogP contribution in [-0.2, 0) is 11.2 Å². The third kappa shape index (κ3) is 2.99. The maximum absolute atomic E-state index is 12.1. The molecule has 1 aliphatic heterocycles.